The fourth-order valence-corrected chi connectivity index (χ4v) is 2.63. The van der Waals surface area contributed by atoms with E-state index in [1.807, 2.05) is 0 Å². The van der Waals surface area contributed by atoms with Crippen molar-refractivity contribution in [3.8, 4) is 6.07 Å². The highest BCUT2D eigenvalue weighted by Gasteiger charge is 2.34. The van der Waals surface area contributed by atoms with E-state index in [0.717, 1.165) is 19.3 Å². The Labute approximate surface area is 117 Å². The lowest BCUT2D eigenvalue weighted by Crippen LogP contribution is -2.48. The van der Waals surface area contributed by atoms with Crippen molar-refractivity contribution in [2.75, 3.05) is 5.73 Å². The summed E-state index contributed by atoms with van der Waals surface area (Å²) in [6.07, 6.45) is 4.40. The number of benzene rings is 1. The number of nitrogen functional groups attached to an aromatic ring is 1. The summed E-state index contributed by atoms with van der Waals surface area (Å²) in [5.41, 5.74) is 5.70. The van der Waals surface area contributed by atoms with E-state index in [9.17, 15) is 10.1 Å². The second-order valence-electron chi connectivity index (χ2n) is 4.95. The van der Waals surface area contributed by atoms with Crippen LogP contribution in [0.1, 0.15) is 42.5 Å². The van der Waals surface area contributed by atoms with E-state index in [-0.39, 0.29) is 5.91 Å². The summed E-state index contributed by atoms with van der Waals surface area (Å²) in [4.78, 5) is 12.2. The average Bonchev–Trinajstić information content (AvgIpc) is 2.42. The van der Waals surface area contributed by atoms with Gasteiger partial charge in [0, 0.05) is 5.69 Å². The zero-order valence-corrected chi connectivity index (χ0v) is 11.3. The molecule has 2 rings (SSSR count). The topological polar surface area (TPSA) is 78.9 Å². The predicted molar refractivity (Wildman–Crippen MR) is 74.8 cm³/mol. The standard InChI is InChI=1S/C14H16ClN3O/c15-12-5-4-10(17)8-11(12)13(19)18-14(9-16)6-2-1-3-7-14/h4-5,8H,1-3,6-7,17H2,(H,18,19). The third-order valence-electron chi connectivity index (χ3n) is 3.51. The SMILES string of the molecule is N#CC1(NC(=O)c2cc(N)ccc2Cl)CCCCC1. The van der Waals surface area contributed by atoms with Gasteiger partial charge in [0.1, 0.15) is 5.54 Å². The molecule has 1 aromatic rings. The van der Waals surface area contributed by atoms with Crippen LogP contribution in [0.5, 0.6) is 0 Å². The van der Waals surface area contributed by atoms with Gasteiger partial charge < -0.3 is 11.1 Å². The minimum absolute atomic E-state index is 0.321. The zero-order chi connectivity index (χ0) is 13.9. The van der Waals surface area contributed by atoms with Crippen molar-refractivity contribution in [1.82, 2.24) is 5.32 Å². The average molecular weight is 278 g/mol. The molecule has 0 atom stereocenters. The summed E-state index contributed by atoms with van der Waals surface area (Å²) in [5.74, 6) is -0.333. The third-order valence-corrected chi connectivity index (χ3v) is 3.84. The van der Waals surface area contributed by atoms with Crippen LogP contribution in [0, 0.1) is 11.3 Å². The number of hydrogen-bond donors (Lipinski definition) is 2. The maximum Gasteiger partial charge on any atom is 0.254 e. The van der Waals surface area contributed by atoms with Gasteiger partial charge in [-0.1, -0.05) is 30.9 Å². The van der Waals surface area contributed by atoms with Crippen molar-refractivity contribution in [1.29, 1.82) is 5.26 Å². The Kier molecular flexibility index (Phi) is 3.96. The number of halogens is 1. The smallest absolute Gasteiger partial charge is 0.254 e. The number of anilines is 1. The van der Waals surface area contributed by atoms with Gasteiger partial charge in [-0.15, -0.1) is 0 Å². The van der Waals surface area contributed by atoms with Crippen LogP contribution in [-0.2, 0) is 0 Å². The van der Waals surface area contributed by atoms with Crippen molar-refractivity contribution in [2.45, 2.75) is 37.6 Å². The van der Waals surface area contributed by atoms with Gasteiger partial charge in [-0.05, 0) is 31.0 Å². The molecule has 0 aromatic heterocycles. The molecule has 1 amide bonds. The molecule has 0 aliphatic heterocycles. The first-order chi connectivity index (χ1) is 9.06. The number of carbonyl (C=O) groups is 1. The molecular weight excluding hydrogens is 262 g/mol. The van der Waals surface area contributed by atoms with Crippen LogP contribution >= 0.6 is 11.6 Å². The number of rotatable bonds is 2. The van der Waals surface area contributed by atoms with E-state index >= 15 is 0 Å². The molecule has 0 unspecified atom stereocenters. The number of carbonyl (C=O) groups excluding carboxylic acids is 1. The highest BCUT2D eigenvalue weighted by Crippen LogP contribution is 2.28. The Morgan fingerprint density at radius 2 is 2.05 bits per heavy atom. The highest BCUT2D eigenvalue weighted by atomic mass is 35.5. The van der Waals surface area contributed by atoms with Gasteiger partial charge >= 0.3 is 0 Å². The van der Waals surface area contributed by atoms with Gasteiger partial charge in [-0.25, -0.2) is 0 Å². The van der Waals surface area contributed by atoms with Crippen molar-refractivity contribution < 1.29 is 4.79 Å². The number of nitrogens with two attached hydrogens (primary N) is 1. The summed E-state index contributed by atoms with van der Waals surface area (Å²) in [7, 11) is 0. The van der Waals surface area contributed by atoms with Crippen LogP contribution in [0.15, 0.2) is 18.2 Å². The second kappa shape index (κ2) is 5.50. The van der Waals surface area contributed by atoms with E-state index in [1.165, 1.54) is 6.07 Å². The minimum Gasteiger partial charge on any atom is -0.399 e. The summed E-state index contributed by atoms with van der Waals surface area (Å²) in [6.45, 7) is 0. The molecule has 3 N–H and O–H groups in total. The Bertz CT molecular complexity index is 530. The van der Waals surface area contributed by atoms with Gasteiger partial charge in [-0.3, -0.25) is 4.79 Å². The maximum atomic E-state index is 12.2. The molecule has 4 nitrogen and oxygen atoms in total. The van der Waals surface area contributed by atoms with Crippen LogP contribution in [-0.4, -0.2) is 11.4 Å². The Hall–Kier alpha value is -1.73. The van der Waals surface area contributed by atoms with Crippen molar-refractivity contribution >= 4 is 23.2 Å². The Balaban J connectivity index is 2.20. The van der Waals surface area contributed by atoms with E-state index in [2.05, 4.69) is 11.4 Å². The molecule has 19 heavy (non-hydrogen) atoms. The van der Waals surface area contributed by atoms with Crippen LogP contribution in [0.2, 0.25) is 5.02 Å². The fraction of sp³-hybridized carbons (Fsp3) is 0.429. The van der Waals surface area contributed by atoms with Crippen molar-refractivity contribution in [3.05, 3.63) is 28.8 Å². The molecular formula is C14H16ClN3O. The van der Waals surface area contributed by atoms with Crippen LogP contribution in [0.3, 0.4) is 0 Å². The molecule has 0 spiro atoms. The molecule has 0 bridgehead atoms. The summed E-state index contributed by atoms with van der Waals surface area (Å²) in [6, 6.07) is 7.01. The molecule has 5 heteroatoms. The first-order valence-corrected chi connectivity index (χ1v) is 6.73. The third kappa shape index (κ3) is 2.99. The Morgan fingerprint density at radius 1 is 1.37 bits per heavy atom. The summed E-state index contributed by atoms with van der Waals surface area (Å²) < 4.78 is 0. The zero-order valence-electron chi connectivity index (χ0n) is 10.6. The monoisotopic (exact) mass is 277 g/mol. The van der Waals surface area contributed by atoms with Gasteiger partial charge in [0.05, 0.1) is 16.7 Å². The Morgan fingerprint density at radius 3 is 2.68 bits per heavy atom. The highest BCUT2D eigenvalue weighted by molar-refractivity contribution is 6.34. The summed E-state index contributed by atoms with van der Waals surface area (Å²) in [5, 5.41) is 12.5. The molecule has 0 saturated heterocycles. The minimum atomic E-state index is -0.761. The van der Waals surface area contributed by atoms with Crippen LogP contribution in [0.4, 0.5) is 5.69 Å². The lowest BCUT2D eigenvalue weighted by molar-refractivity contribution is 0.0903. The van der Waals surface area contributed by atoms with Gasteiger partial charge in [0.15, 0.2) is 0 Å². The molecule has 1 aliphatic carbocycles. The largest absolute Gasteiger partial charge is 0.399 e. The van der Waals surface area contributed by atoms with E-state index in [4.69, 9.17) is 17.3 Å². The number of hydrogen-bond acceptors (Lipinski definition) is 3. The lowest BCUT2D eigenvalue weighted by atomic mass is 9.82. The number of amides is 1. The van der Waals surface area contributed by atoms with E-state index < -0.39 is 5.54 Å². The first kappa shape index (κ1) is 13.7. The number of nitriles is 1. The molecule has 100 valence electrons. The fourth-order valence-electron chi connectivity index (χ4n) is 2.42. The van der Waals surface area contributed by atoms with Crippen molar-refractivity contribution in [2.24, 2.45) is 0 Å². The van der Waals surface area contributed by atoms with E-state index in [0.29, 0.717) is 29.1 Å². The summed E-state index contributed by atoms with van der Waals surface area (Å²) >= 11 is 6.00. The number of nitrogens with zero attached hydrogens (tertiary/aromatic N) is 1. The number of nitrogens with one attached hydrogen (secondary N) is 1. The molecule has 1 aromatic carbocycles. The van der Waals surface area contributed by atoms with Crippen molar-refractivity contribution in [3.63, 3.8) is 0 Å². The quantitative estimate of drug-likeness (QED) is 0.816. The molecule has 1 aliphatic rings. The lowest BCUT2D eigenvalue weighted by Gasteiger charge is -2.31. The van der Waals surface area contributed by atoms with Gasteiger partial charge in [-0.2, -0.15) is 5.26 Å². The molecule has 1 fully saturated rings. The van der Waals surface area contributed by atoms with E-state index in [1.54, 1.807) is 12.1 Å². The molecule has 0 radical (unpaired) electrons. The first-order valence-electron chi connectivity index (χ1n) is 6.35. The molecule has 1 saturated carbocycles. The van der Waals surface area contributed by atoms with Crippen LogP contribution < -0.4 is 11.1 Å². The van der Waals surface area contributed by atoms with Gasteiger partial charge in [0.25, 0.3) is 5.91 Å². The molecule has 0 heterocycles. The van der Waals surface area contributed by atoms with Gasteiger partial charge in [0.2, 0.25) is 0 Å². The van der Waals surface area contributed by atoms with Crippen LogP contribution in [0.25, 0.3) is 0 Å². The second-order valence-corrected chi connectivity index (χ2v) is 5.36. The maximum absolute atomic E-state index is 12.2. The predicted octanol–water partition coefficient (Wildman–Crippen LogP) is 2.88. The normalized spacial score (nSPS) is 17.5.